The first-order valence-electron chi connectivity index (χ1n) is 21.4. The van der Waals surface area contributed by atoms with Crippen molar-refractivity contribution in [2.24, 2.45) is 0 Å². The molecule has 14 rings (SSSR count). The van der Waals surface area contributed by atoms with Crippen molar-refractivity contribution < 1.29 is 0 Å². The van der Waals surface area contributed by atoms with Crippen LogP contribution in [0.3, 0.4) is 0 Å². The van der Waals surface area contributed by atoms with E-state index in [1.165, 1.54) is 104 Å². The van der Waals surface area contributed by atoms with Gasteiger partial charge in [0, 0.05) is 54.8 Å². The molecule has 4 heterocycles. The summed E-state index contributed by atoms with van der Waals surface area (Å²) in [6.45, 7) is 0. The Hall–Kier alpha value is -8.34. The fraction of sp³-hybridized carbons (Fsp3) is 0. The molecule has 0 radical (unpaired) electrons. The van der Waals surface area contributed by atoms with Crippen molar-refractivity contribution in [2.45, 2.75) is 0 Å². The lowest BCUT2D eigenvalue weighted by atomic mass is 10.0. The van der Waals surface area contributed by atoms with Crippen LogP contribution in [0.4, 0.5) is 17.1 Å². The van der Waals surface area contributed by atoms with E-state index in [-0.39, 0.29) is 0 Å². The van der Waals surface area contributed by atoms with Gasteiger partial charge in [-0.25, -0.2) is 0 Å². The standard InChI is InChI=1S/C58H36N4/c1-4-16-40(17-5-1)59-50-25-13-12-23-44(50)45-30-27-39(34-54(45)59)38-29-31-51-47(33-38)49-35-48-46-24-14-26-52-58(46)62(56(48)36-55(49)60(51)41-18-6-2-7-19-41)53-32-28-37-15-10-11-22-43(37)57(53)61(52)42-20-8-3-9-21-42/h1-36H. The number of anilines is 3. The lowest BCUT2D eigenvalue weighted by Gasteiger charge is -2.34. The molecule has 0 N–H and O–H groups in total. The van der Waals surface area contributed by atoms with Gasteiger partial charge in [0.15, 0.2) is 0 Å². The number of benzene rings is 10. The number of aromatic nitrogens is 3. The SMILES string of the molecule is c1ccc(N2c3c(ccc4ccccc34)-n3c4cc5c(cc4c4cccc2c43)c2cc(-c3ccc4c6ccccc6n(-c6ccccc6)c4c3)ccc2n5-c2ccccc2)cc1. The van der Waals surface area contributed by atoms with E-state index < -0.39 is 0 Å². The van der Waals surface area contributed by atoms with Gasteiger partial charge in [0.25, 0.3) is 0 Å². The van der Waals surface area contributed by atoms with Crippen molar-refractivity contribution in [2.75, 3.05) is 4.90 Å². The van der Waals surface area contributed by atoms with Gasteiger partial charge in [-0.1, -0.05) is 133 Å². The molecule has 0 atom stereocenters. The quantitative estimate of drug-likeness (QED) is 0.174. The molecule has 0 saturated heterocycles. The molecule has 0 fully saturated rings. The van der Waals surface area contributed by atoms with Gasteiger partial charge in [0.2, 0.25) is 0 Å². The van der Waals surface area contributed by atoms with Crippen LogP contribution < -0.4 is 4.90 Å². The summed E-state index contributed by atoms with van der Waals surface area (Å²) in [6, 6.07) is 80.3. The third-order valence-electron chi connectivity index (χ3n) is 13.3. The fourth-order valence-electron chi connectivity index (χ4n) is 10.7. The molecule has 0 unspecified atom stereocenters. The van der Waals surface area contributed by atoms with Crippen molar-refractivity contribution in [1.29, 1.82) is 0 Å². The van der Waals surface area contributed by atoms with Crippen LogP contribution in [0.25, 0.3) is 104 Å². The zero-order chi connectivity index (χ0) is 40.5. The van der Waals surface area contributed by atoms with E-state index in [9.17, 15) is 0 Å². The Morgan fingerprint density at radius 3 is 1.58 bits per heavy atom. The highest BCUT2D eigenvalue weighted by Gasteiger charge is 2.31. The van der Waals surface area contributed by atoms with E-state index in [1.54, 1.807) is 0 Å². The van der Waals surface area contributed by atoms with Gasteiger partial charge >= 0.3 is 0 Å². The second kappa shape index (κ2) is 12.6. The topological polar surface area (TPSA) is 18.0 Å². The number of para-hydroxylation sites is 5. The lowest BCUT2D eigenvalue weighted by molar-refractivity contribution is 1.12. The smallest absolute Gasteiger partial charge is 0.0783 e. The van der Waals surface area contributed by atoms with Gasteiger partial charge in [0.05, 0.1) is 50.2 Å². The van der Waals surface area contributed by atoms with Gasteiger partial charge in [-0.2, -0.15) is 0 Å². The third kappa shape index (κ3) is 4.55. The Labute approximate surface area is 356 Å². The molecule has 0 aliphatic carbocycles. The summed E-state index contributed by atoms with van der Waals surface area (Å²) >= 11 is 0. The highest BCUT2D eigenvalue weighted by Crippen LogP contribution is 2.53. The molecule has 4 heteroatoms. The average Bonchev–Trinajstić information content (AvgIpc) is 3.97. The summed E-state index contributed by atoms with van der Waals surface area (Å²) < 4.78 is 7.39. The molecule has 0 saturated carbocycles. The molecule has 0 bridgehead atoms. The molecule has 4 nitrogen and oxygen atoms in total. The van der Waals surface area contributed by atoms with Gasteiger partial charge < -0.3 is 18.6 Å². The minimum Gasteiger partial charge on any atom is -0.309 e. The van der Waals surface area contributed by atoms with Gasteiger partial charge in [-0.05, 0) is 101 Å². The van der Waals surface area contributed by atoms with Gasteiger partial charge in [0.1, 0.15) is 0 Å². The van der Waals surface area contributed by atoms with Crippen LogP contribution in [-0.2, 0) is 0 Å². The van der Waals surface area contributed by atoms with Crippen LogP contribution in [0, 0.1) is 0 Å². The first-order chi connectivity index (χ1) is 30.8. The van der Waals surface area contributed by atoms with E-state index >= 15 is 0 Å². The maximum absolute atomic E-state index is 2.53. The number of hydrogen-bond acceptors (Lipinski definition) is 1. The first-order valence-corrected chi connectivity index (χ1v) is 21.4. The predicted molar refractivity (Wildman–Crippen MR) is 261 cm³/mol. The molecule has 0 amide bonds. The zero-order valence-corrected chi connectivity index (χ0v) is 33.6. The molecular weight excluding hydrogens is 753 g/mol. The highest BCUT2D eigenvalue weighted by molar-refractivity contribution is 6.24. The third-order valence-corrected chi connectivity index (χ3v) is 13.3. The van der Waals surface area contributed by atoms with Crippen molar-refractivity contribution in [3.8, 4) is 28.2 Å². The van der Waals surface area contributed by atoms with E-state index in [1.807, 2.05) is 0 Å². The molecule has 62 heavy (non-hydrogen) atoms. The number of rotatable bonds is 4. The summed E-state index contributed by atoms with van der Waals surface area (Å²) in [5.41, 5.74) is 16.6. The van der Waals surface area contributed by atoms with Gasteiger partial charge in [-0.15, -0.1) is 0 Å². The van der Waals surface area contributed by atoms with Crippen molar-refractivity contribution >= 4 is 93.3 Å². The largest absolute Gasteiger partial charge is 0.309 e. The molecule has 3 aromatic heterocycles. The summed E-state index contributed by atoms with van der Waals surface area (Å²) in [6.07, 6.45) is 0. The minimum atomic E-state index is 1.14. The second-order valence-electron chi connectivity index (χ2n) is 16.5. The Balaban J connectivity index is 1.06. The predicted octanol–water partition coefficient (Wildman–Crippen LogP) is 15.6. The van der Waals surface area contributed by atoms with Crippen molar-refractivity contribution in [3.05, 3.63) is 218 Å². The molecule has 0 spiro atoms. The zero-order valence-electron chi connectivity index (χ0n) is 33.6. The summed E-state index contributed by atoms with van der Waals surface area (Å²) in [7, 11) is 0. The van der Waals surface area contributed by atoms with Crippen LogP contribution in [0.1, 0.15) is 0 Å². The number of nitrogens with zero attached hydrogens (tertiary/aromatic N) is 4. The average molecular weight is 789 g/mol. The summed E-state index contributed by atoms with van der Waals surface area (Å²) in [5.74, 6) is 0. The molecule has 1 aliphatic heterocycles. The fourth-order valence-corrected chi connectivity index (χ4v) is 10.7. The lowest BCUT2D eigenvalue weighted by Crippen LogP contribution is -2.18. The monoisotopic (exact) mass is 788 g/mol. The van der Waals surface area contributed by atoms with E-state index in [4.69, 9.17) is 0 Å². The van der Waals surface area contributed by atoms with E-state index in [0.29, 0.717) is 0 Å². The minimum absolute atomic E-state index is 1.14. The Kier molecular flexibility index (Phi) is 6.80. The van der Waals surface area contributed by atoms with E-state index in [0.717, 1.165) is 17.1 Å². The number of hydrogen-bond donors (Lipinski definition) is 0. The van der Waals surface area contributed by atoms with Crippen LogP contribution in [-0.4, -0.2) is 13.7 Å². The summed E-state index contributed by atoms with van der Waals surface area (Å²) in [5, 5.41) is 9.93. The molecular formula is C58H36N4. The van der Waals surface area contributed by atoms with Crippen molar-refractivity contribution in [3.63, 3.8) is 0 Å². The van der Waals surface area contributed by atoms with Gasteiger partial charge in [-0.3, -0.25) is 0 Å². The van der Waals surface area contributed by atoms with Crippen LogP contribution in [0.5, 0.6) is 0 Å². The van der Waals surface area contributed by atoms with Crippen molar-refractivity contribution in [1.82, 2.24) is 13.7 Å². The maximum Gasteiger partial charge on any atom is 0.0783 e. The van der Waals surface area contributed by atoms with Crippen LogP contribution in [0.2, 0.25) is 0 Å². The Bertz CT molecular complexity index is 3970. The highest BCUT2D eigenvalue weighted by atomic mass is 15.2. The molecule has 288 valence electrons. The van der Waals surface area contributed by atoms with Crippen LogP contribution >= 0.6 is 0 Å². The first kappa shape index (κ1) is 33.5. The normalized spacial score (nSPS) is 12.5. The molecule has 10 aromatic carbocycles. The Morgan fingerprint density at radius 2 is 0.806 bits per heavy atom. The van der Waals surface area contributed by atoms with Crippen LogP contribution in [0.15, 0.2) is 218 Å². The second-order valence-corrected chi connectivity index (χ2v) is 16.5. The maximum atomic E-state index is 2.53. The molecule has 13 aromatic rings. The summed E-state index contributed by atoms with van der Waals surface area (Å²) in [4.78, 5) is 2.47. The number of fused-ring (bicyclic) bond motifs is 13. The Morgan fingerprint density at radius 1 is 0.258 bits per heavy atom. The molecule has 1 aliphatic rings. The van der Waals surface area contributed by atoms with E-state index in [2.05, 4.69) is 237 Å².